The molecular weight excluding hydrogens is 402 g/mol. The summed E-state index contributed by atoms with van der Waals surface area (Å²) in [6, 6.07) is 5.17. The fourth-order valence-electron chi connectivity index (χ4n) is 4.68. The molecule has 1 aromatic rings. The van der Waals surface area contributed by atoms with E-state index in [9.17, 15) is 9.90 Å². The number of likely N-dealkylation sites (tertiary alicyclic amines) is 1. The standard InChI is InChI=1S/C22H35N3O2S2/c1-13(23)17(15-6-5-14(28)11-18(15)26)12-25-9-7-19-16(8-10-29-19)20(25)21(27)24-22(2,3)4/h5-6,11,13,16-17,19-20,26,28H,7-10,12,23H2,1-4H3,(H,24,27)/t13-,16+,17-,19+,20?/m1/s1. The fourth-order valence-corrected chi connectivity index (χ4v) is 6.39. The number of carbonyl (C=O) groups excluding carboxylic acids is 1. The first-order valence-corrected chi connectivity index (χ1v) is 12.0. The quantitative estimate of drug-likeness (QED) is 0.532. The third-order valence-electron chi connectivity index (χ3n) is 6.01. The van der Waals surface area contributed by atoms with E-state index in [1.165, 1.54) is 0 Å². The van der Waals surface area contributed by atoms with Crippen molar-refractivity contribution in [2.75, 3.05) is 18.8 Å². The Morgan fingerprint density at radius 1 is 1.41 bits per heavy atom. The molecule has 0 radical (unpaired) electrons. The topological polar surface area (TPSA) is 78.6 Å². The van der Waals surface area contributed by atoms with Crippen LogP contribution in [-0.2, 0) is 4.79 Å². The van der Waals surface area contributed by atoms with E-state index in [0.29, 0.717) is 17.7 Å². The van der Waals surface area contributed by atoms with Crippen molar-refractivity contribution in [2.45, 2.75) is 74.2 Å². The van der Waals surface area contributed by atoms with Gasteiger partial charge in [-0.15, -0.1) is 12.6 Å². The summed E-state index contributed by atoms with van der Waals surface area (Å²) in [6.07, 6.45) is 2.18. The second-order valence-corrected chi connectivity index (χ2v) is 11.4. The highest BCUT2D eigenvalue weighted by molar-refractivity contribution is 8.00. The number of hydrogen-bond donors (Lipinski definition) is 4. The molecule has 2 aliphatic rings. The molecule has 1 amide bonds. The Hall–Kier alpha value is -0.890. The Labute approximate surface area is 184 Å². The molecule has 2 fully saturated rings. The average molecular weight is 438 g/mol. The van der Waals surface area contributed by atoms with Crippen molar-refractivity contribution in [2.24, 2.45) is 11.7 Å². The van der Waals surface area contributed by atoms with E-state index in [0.717, 1.165) is 35.6 Å². The molecule has 0 aromatic heterocycles. The van der Waals surface area contributed by atoms with E-state index < -0.39 is 0 Å². The van der Waals surface area contributed by atoms with Gasteiger partial charge in [-0.05, 0) is 69.9 Å². The predicted molar refractivity (Wildman–Crippen MR) is 124 cm³/mol. The highest BCUT2D eigenvalue weighted by atomic mass is 32.2. The molecule has 1 unspecified atom stereocenters. The first-order valence-electron chi connectivity index (χ1n) is 10.5. The first-order chi connectivity index (χ1) is 13.6. The van der Waals surface area contributed by atoms with Crippen molar-refractivity contribution in [3.63, 3.8) is 0 Å². The van der Waals surface area contributed by atoms with Crippen LogP contribution < -0.4 is 11.1 Å². The molecule has 0 bridgehead atoms. The van der Waals surface area contributed by atoms with Crippen LogP contribution >= 0.6 is 24.4 Å². The molecule has 1 aromatic carbocycles. The molecule has 0 aliphatic carbocycles. The van der Waals surface area contributed by atoms with Gasteiger partial charge in [-0.25, -0.2) is 0 Å². The highest BCUT2D eigenvalue weighted by Gasteiger charge is 2.46. The lowest BCUT2D eigenvalue weighted by atomic mass is 9.83. The predicted octanol–water partition coefficient (Wildman–Crippen LogP) is 3.22. The largest absolute Gasteiger partial charge is 0.508 e. The summed E-state index contributed by atoms with van der Waals surface area (Å²) < 4.78 is 0. The Morgan fingerprint density at radius 3 is 2.76 bits per heavy atom. The summed E-state index contributed by atoms with van der Waals surface area (Å²) in [5, 5.41) is 14.3. The number of amides is 1. The monoisotopic (exact) mass is 437 g/mol. The summed E-state index contributed by atoms with van der Waals surface area (Å²) in [5.41, 5.74) is 6.93. The van der Waals surface area contributed by atoms with Crippen LogP contribution in [0.1, 0.15) is 52.0 Å². The molecular formula is C22H35N3O2S2. The number of phenolic OH excluding ortho intramolecular Hbond substituents is 1. The van der Waals surface area contributed by atoms with Crippen molar-refractivity contribution in [3.05, 3.63) is 23.8 Å². The molecule has 2 saturated heterocycles. The zero-order valence-corrected chi connectivity index (χ0v) is 19.6. The van der Waals surface area contributed by atoms with Gasteiger partial charge in [0.1, 0.15) is 5.75 Å². The molecule has 162 valence electrons. The molecule has 7 heteroatoms. The van der Waals surface area contributed by atoms with Crippen LogP contribution in [-0.4, -0.2) is 57.6 Å². The van der Waals surface area contributed by atoms with E-state index in [-0.39, 0.29) is 35.2 Å². The van der Waals surface area contributed by atoms with Crippen LogP contribution in [0.2, 0.25) is 0 Å². The number of fused-ring (bicyclic) bond motifs is 1. The van der Waals surface area contributed by atoms with Crippen molar-refractivity contribution >= 4 is 30.3 Å². The number of aromatic hydroxyl groups is 1. The maximum atomic E-state index is 13.3. The van der Waals surface area contributed by atoms with E-state index in [1.807, 2.05) is 51.6 Å². The number of nitrogens with one attached hydrogen (secondary N) is 1. The molecule has 3 rings (SSSR count). The zero-order chi connectivity index (χ0) is 21.3. The van der Waals surface area contributed by atoms with Crippen LogP contribution in [0.15, 0.2) is 23.1 Å². The molecule has 2 aliphatic heterocycles. The number of carbonyl (C=O) groups is 1. The average Bonchev–Trinajstić information content (AvgIpc) is 3.06. The lowest BCUT2D eigenvalue weighted by molar-refractivity contribution is -0.131. The SMILES string of the molecule is C[C@@H](N)[C@@H](CN1CC[C@@H]2SCC[C@@H]2C1C(=O)NC(C)(C)C)c1ccc(S)cc1O. The number of nitrogens with two attached hydrogens (primary N) is 1. The van der Waals surface area contributed by atoms with E-state index in [4.69, 9.17) is 5.73 Å². The van der Waals surface area contributed by atoms with Crippen molar-refractivity contribution in [1.82, 2.24) is 10.2 Å². The van der Waals surface area contributed by atoms with Gasteiger partial charge in [0.2, 0.25) is 5.91 Å². The van der Waals surface area contributed by atoms with Gasteiger partial charge >= 0.3 is 0 Å². The van der Waals surface area contributed by atoms with Gasteiger partial charge in [0.05, 0.1) is 6.04 Å². The summed E-state index contributed by atoms with van der Waals surface area (Å²) in [5.74, 6) is 1.79. The van der Waals surface area contributed by atoms with Gasteiger partial charge in [0.15, 0.2) is 0 Å². The van der Waals surface area contributed by atoms with Gasteiger partial charge in [0.25, 0.3) is 0 Å². The Bertz CT molecular complexity index is 735. The minimum atomic E-state index is -0.261. The summed E-state index contributed by atoms with van der Waals surface area (Å²) in [4.78, 5) is 16.4. The van der Waals surface area contributed by atoms with Gasteiger partial charge in [-0.3, -0.25) is 9.69 Å². The molecule has 29 heavy (non-hydrogen) atoms. The second kappa shape index (κ2) is 9.08. The Kier molecular flexibility index (Phi) is 7.14. The summed E-state index contributed by atoms with van der Waals surface area (Å²) >= 11 is 6.33. The number of phenols is 1. The van der Waals surface area contributed by atoms with Gasteiger partial charge in [-0.1, -0.05) is 6.07 Å². The lowest BCUT2D eigenvalue weighted by Crippen LogP contribution is -2.60. The minimum Gasteiger partial charge on any atom is -0.508 e. The van der Waals surface area contributed by atoms with Crippen LogP contribution in [0.4, 0.5) is 0 Å². The number of piperidine rings is 1. The molecule has 5 atom stereocenters. The summed E-state index contributed by atoms with van der Waals surface area (Å²) in [6.45, 7) is 9.60. The highest BCUT2D eigenvalue weighted by Crippen LogP contribution is 2.42. The fraction of sp³-hybridized carbons (Fsp3) is 0.682. The third kappa shape index (κ3) is 5.43. The Morgan fingerprint density at radius 2 is 2.14 bits per heavy atom. The van der Waals surface area contributed by atoms with E-state index in [2.05, 4.69) is 22.8 Å². The van der Waals surface area contributed by atoms with Crippen LogP contribution in [0, 0.1) is 5.92 Å². The number of thioether (sulfide) groups is 1. The third-order valence-corrected chi connectivity index (χ3v) is 7.77. The van der Waals surface area contributed by atoms with Crippen LogP contribution in [0.25, 0.3) is 0 Å². The molecule has 2 heterocycles. The van der Waals surface area contributed by atoms with Crippen LogP contribution in [0.3, 0.4) is 0 Å². The van der Waals surface area contributed by atoms with Gasteiger partial charge in [-0.2, -0.15) is 11.8 Å². The number of nitrogens with zero attached hydrogens (tertiary/aromatic N) is 1. The van der Waals surface area contributed by atoms with E-state index in [1.54, 1.807) is 6.07 Å². The van der Waals surface area contributed by atoms with Gasteiger partial charge < -0.3 is 16.2 Å². The number of thiol groups is 1. The number of hydrogen-bond acceptors (Lipinski definition) is 6. The van der Waals surface area contributed by atoms with Crippen molar-refractivity contribution in [1.29, 1.82) is 0 Å². The number of benzene rings is 1. The maximum absolute atomic E-state index is 13.3. The Balaban J connectivity index is 1.87. The number of rotatable bonds is 5. The maximum Gasteiger partial charge on any atom is 0.238 e. The zero-order valence-electron chi connectivity index (χ0n) is 17.9. The smallest absolute Gasteiger partial charge is 0.238 e. The molecule has 4 N–H and O–H groups in total. The van der Waals surface area contributed by atoms with E-state index >= 15 is 0 Å². The molecule has 0 saturated carbocycles. The lowest BCUT2D eigenvalue weighted by Gasteiger charge is -2.44. The minimum absolute atomic E-state index is 0.0560. The van der Waals surface area contributed by atoms with Crippen molar-refractivity contribution < 1.29 is 9.90 Å². The normalized spacial score (nSPS) is 27.3. The van der Waals surface area contributed by atoms with Crippen molar-refractivity contribution in [3.8, 4) is 5.75 Å². The summed E-state index contributed by atoms with van der Waals surface area (Å²) in [7, 11) is 0. The first kappa shape index (κ1) is 22.8. The molecule has 5 nitrogen and oxygen atoms in total. The van der Waals surface area contributed by atoms with Gasteiger partial charge in [0, 0.05) is 40.7 Å². The second-order valence-electron chi connectivity index (χ2n) is 9.54. The van der Waals surface area contributed by atoms with Crippen LogP contribution in [0.5, 0.6) is 5.75 Å². The molecule has 0 spiro atoms.